The third-order valence-electron chi connectivity index (χ3n) is 6.73. The quantitative estimate of drug-likeness (QED) is 0.418. The highest BCUT2D eigenvalue weighted by atomic mass is 16.3. The second-order valence-corrected chi connectivity index (χ2v) is 12.1. The number of amides is 3. The summed E-state index contributed by atoms with van der Waals surface area (Å²) >= 11 is 0. The van der Waals surface area contributed by atoms with Crippen LogP contribution in [-0.4, -0.2) is 67.4 Å². The number of nitrogens with zero attached hydrogens (tertiary/aromatic N) is 2. The van der Waals surface area contributed by atoms with E-state index < -0.39 is 0 Å². The van der Waals surface area contributed by atoms with Crippen LogP contribution in [0.5, 0.6) is 0 Å². The molecule has 3 N–H and O–H groups in total. The summed E-state index contributed by atoms with van der Waals surface area (Å²) in [5.41, 5.74) is 0. The number of oxazole rings is 1. The van der Waals surface area contributed by atoms with E-state index in [2.05, 4.69) is 60.6 Å². The van der Waals surface area contributed by atoms with Crippen LogP contribution in [0.3, 0.4) is 0 Å². The molecule has 224 valence electrons. The van der Waals surface area contributed by atoms with Crippen LogP contribution >= 0.6 is 0 Å². The Morgan fingerprint density at radius 1 is 0.795 bits per heavy atom. The minimum Gasteiger partial charge on any atom is -0.441 e. The Labute approximate surface area is 236 Å². The number of likely N-dealkylation sites (tertiary alicyclic amines) is 1. The normalized spacial score (nSPS) is 16.7. The van der Waals surface area contributed by atoms with Gasteiger partial charge >= 0.3 is 5.91 Å². The first-order valence-corrected chi connectivity index (χ1v) is 14.9. The predicted molar refractivity (Wildman–Crippen MR) is 156 cm³/mol. The van der Waals surface area contributed by atoms with Gasteiger partial charge in [-0.2, -0.15) is 0 Å². The minimum absolute atomic E-state index is 0.121. The number of carbonyl (C=O) groups excluding carboxylic acids is 3. The fourth-order valence-corrected chi connectivity index (χ4v) is 4.24. The summed E-state index contributed by atoms with van der Waals surface area (Å²) in [5, 5.41) is 8.71. The van der Waals surface area contributed by atoms with Crippen LogP contribution in [0, 0.1) is 29.6 Å². The summed E-state index contributed by atoms with van der Waals surface area (Å²) in [4.78, 5) is 40.4. The number of rotatable bonds is 9. The van der Waals surface area contributed by atoms with Crippen LogP contribution in [0.1, 0.15) is 97.2 Å². The van der Waals surface area contributed by atoms with E-state index in [9.17, 15) is 14.4 Å². The van der Waals surface area contributed by atoms with Crippen LogP contribution in [0.25, 0.3) is 0 Å². The lowest BCUT2D eigenvalue weighted by atomic mass is 9.88. The van der Waals surface area contributed by atoms with E-state index in [4.69, 9.17) is 4.42 Å². The molecule has 0 atom stereocenters. The summed E-state index contributed by atoms with van der Waals surface area (Å²) < 4.78 is 4.80. The smallest absolute Gasteiger partial charge is 0.307 e. The molecule has 1 aromatic rings. The molecule has 2 fully saturated rings. The first-order chi connectivity index (χ1) is 18.5. The summed E-state index contributed by atoms with van der Waals surface area (Å²) in [6.07, 6.45) is 10.8. The summed E-state index contributed by atoms with van der Waals surface area (Å²) in [7, 11) is 2.11. The zero-order valence-corrected chi connectivity index (χ0v) is 25.6. The number of aromatic nitrogens is 1. The first kappa shape index (κ1) is 34.6. The highest BCUT2D eigenvalue weighted by Gasteiger charge is 2.23. The van der Waals surface area contributed by atoms with Gasteiger partial charge < -0.3 is 25.3 Å². The van der Waals surface area contributed by atoms with Crippen molar-refractivity contribution in [2.24, 2.45) is 29.6 Å². The van der Waals surface area contributed by atoms with Gasteiger partial charge in [0.15, 0.2) is 0 Å². The van der Waals surface area contributed by atoms with E-state index in [-0.39, 0.29) is 29.5 Å². The van der Waals surface area contributed by atoms with E-state index in [1.54, 1.807) is 0 Å². The number of hydrogen-bond acceptors (Lipinski definition) is 6. The second-order valence-electron chi connectivity index (χ2n) is 12.1. The molecule has 1 saturated heterocycles. The molecule has 9 heteroatoms. The van der Waals surface area contributed by atoms with Gasteiger partial charge in [-0.3, -0.25) is 14.4 Å². The highest BCUT2D eigenvalue weighted by molar-refractivity contribution is 5.89. The molecule has 1 aliphatic heterocycles. The average Bonchev–Trinajstić information content (AvgIpc) is 3.46. The Balaban J connectivity index is 0.000000293. The van der Waals surface area contributed by atoms with Gasteiger partial charge in [0.05, 0.1) is 6.20 Å². The fourth-order valence-electron chi connectivity index (χ4n) is 4.24. The predicted octanol–water partition coefficient (Wildman–Crippen LogP) is 4.50. The Morgan fingerprint density at radius 2 is 1.26 bits per heavy atom. The third kappa shape index (κ3) is 16.3. The van der Waals surface area contributed by atoms with E-state index in [0.717, 1.165) is 51.9 Å². The molecule has 0 unspecified atom stereocenters. The Kier molecular flexibility index (Phi) is 17.4. The number of nitrogens with one attached hydrogen (secondary N) is 3. The van der Waals surface area contributed by atoms with Crippen LogP contribution in [-0.2, 0) is 9.59 Å². The molecular weight excluding hydrogens is 494 g/mol. The molecule has 3 amide bonds. The van der Waals surface area contributed by atoms with E-state index >= 15 is 0 Å². The van der Waals surface area contributed by atoms with Crippen molar-refractivity contribution in [3.8, 4) is 0 Å². The molecule has 0 radical (unpaired) electrons. The van der Waals surface area contributed by atoms with Crippen molar-refractivity contribution < 1.29 is 18.8 Å². The van der Waals surface area contributed by atoms with Crippen LogP contribution in [0.2, 0.25) is 0 Å². The number of hydrogen-bond donors (Lipinski definition) is 3. The molecule has 1 saturated carbocycles. The van der Waals surface area contributed by atoms with E-state index in [1.807, 2.05) is 13.8 Å². The monoisotopic (exact) mass is 549 g/mol. The van der Waals surface area contributed by atoms with Crippen molar-refractivity contribution >= 4 is 17.7 Å². The maximum absolute atomic E-state index is 11.7. The molecule has 1 aliphatic carbocycles. The molecule has 2 aliphatic rings. The first-order valence-electron chi connectivity index (χ1n) is 14.9. The molecule has 39 heavy (non-hydrogen) atoms. The summed E-state index contributed by atoms with van der Waals surface area (Å²) in [6, 6.07) is 0. The van der Waals surface area contributed by atoms with Crippen LogP contribution < -0.4 is 16.0 Å². The Bertz CT molecular complexity index is 796. The van der Waals surface area contributed by atoms with Crippen molar-refractivity contribution in [3.63, 3.8) is 0 Å². The topological polar surface area (TPSA) is 117 Å². The van der Waals surface area contributed by atoms with Crippen molar-refractivity contribution in [2.75, 3.05) is 39.8 Å². The van der Waals surface area contributed by atoms with Gasteiger partial charge in [0, 0.05) is 31.5 Å². The molecule has 3 rings (SSSR count). The Morgan fingerprint density at radius 3 is 1.69 bits per heavy atom. The van der Waals surface area contributed by atoms with Crippen molar-refractivity contribution in [1.82, 2.24) is 25.8 Å². The lowest BCUT2D eigenvalue weighted by Crippen LogP contribution is -2.39. The van der Waals surface area contributed by atoms with E-state index in [0.29, 0.717) is 30.2 Å². The standard InChI is InChI=1S/C11H22N2O.C11H21NO.C8H12N2O2/c1-9(2)8-12-11(14)10-4-6-13(3)7-5-10;1-9(2)8-12-11(13)10-6-4-3-5-7-10;1-6(2)5-10-7(11)8-9-3-4-12-8/h9-10H,4-8H2,1-3H3,(H,12,14);9-10H,3-8H2,1-2H3,(H,12,13);3-4,6H,5H2,1-2H3,(H,10,11). The van der Waals surface area contributed by atoms with Gasteiger partial charge in [-0.1, -0.05) is 60.8 Å². The highest BCUT2D eigenvalue weighted by Crippen LogP contribution is 2.23. The lowest BCUT2D eigenvalue weighted by Gasteiger charge is -2.28. The minimum atomic E-state index is -0.256. The molecular formula is C30H55N5O4. The van der Waals surface area contributed by atoms with Crippen LogP contribution in [0.15, 0.2) is 16.9 Å². The number of carbonyl (C=O) groups is 3. The maximum Gasteiger partial charge on any atom is 0.307 e. The maximum atomic E-state index is 11.7. The van der Waals surface area contributed by atoms with E-state index in [1.165, 1.54) is 31.7 Å². The third-order valence-corrected chi connectivity index (χ3v) is 6.73. The van der Waals surface area contributed by atoms with Gasteiger partial charge in [0.2, 0.25) is 11.8 Å². The van der Waals surface area contributed by atoms with Gasteiger partial charge in [-0.05, 0) is 63.6 Å². The van der Waals surface area contributed by atoms with Crippen molar-refractivity contribution in [3.05, 3.63) is 18.4 Å². The SMILES string of the molecule is CC(C)CNC(=O)C1CCCCC1.CC(C)CNC(=O)C1CCN(C)CC1.CC(C)CNC(=O)c1ncco1. The lowest BCUT2D eigenvalue weighted by molar-refractivity contribution is -0.127. The summed E-state index contributed by atoms with van der Waals surface area (Å²) in [5.74, 6) is 2.52. The average molecular weight is 550 g/mol. The molecule has 1 aromatic heterocycles. The zero-order chi connectivity index (χ0) is 29.2. The van der Waals surface area contributed by atoms with Crippen LogP contribution in [0.4, 0.5) is 0 Å². The molecule has 0 bridgehead atoms. The summed E-state index contributed by atoms with van der Waals surface area (Å²) in [6.45, 7) is 16.9. The van der Waals surface area contributed by atoms with Crippen molar-refractivity contribution in [1.29, 1.82) is 0 Å². The van der Waals surface area contributed by atoms with Gasteiger partial charge in [-0.15, -0.1) is 0 Å². The number of piperidine rings is 1. The molecule has 2 heterocycles. The fraction of sp³-hybridized carbons (Fsp3) is 0.800. The largest absolute Gasteiger partial charge is 0.441 e. The van der Waals surface area contributed by atoms with Gasteiger partial charge in [0.25, 0.3) is 5.89 Å². The molecule has 9 nitrogen and oxygen atoms in total. The van der Waals surface area contributed by atoms with Gasteiger partial charge in [-0.25, -0.2) is 4.98 Å². The second kappa shape index (κ2) is 19.6. The molecule has 0 aromatic carbocycles. The zero-order valence-electron chi connectivity index (χ0n) is 25.6. The van der Waals surface area contributed by atoms with Crippen molar-refractivity contribution in [2.45, 2.75) is 86.5 Å². The Hall–Kier alpha value is -2.42. The van der Waals surface area contributed by atoms with Gasteiger partial charge in [0.1, 0.15) is 6.26 Å². The molecule has 0 spiro atoms.